The van der Waals surface area contributed by atoms with Gasteiger partial charge in [0.15, 0.2) is 0 Å². The third kappa shape index (κ3) is 8.79. The largest absolute Gasteiger partial charge is 0.365 e. The van der Waals surface area contributed by atoms with Crippen LogP contribution in [0.4, 0.5) is 0 Å². The van der Waals surface area contributed by atoms with E-state index in [-0.39, 0.29) is 23.3 Å². The maximum absolute atomic E-state index is 13.1. The van der Waals surface area contributed by atoms with Crippen LogP contribution >= 0.6 is 11.3 Å². The second kappa shape index (κ2) is 13.7. The monoisotopic (exact) mass is 540 g/mol. The van der Waals surface area contributed by atoms with Gasteiger partial charge < -0.3 is 14.7 Å². The Morgan fingerprint density at radius 3 is 2.21 bits per heavy atom. The van der Waals surface area contributed by atoms with Crippen LogP contribution in [0.5, 0.6) is 0 Å². The summed E-state index contributed by atoms with van der Waals surface area (Å²) in [5.74, 6) is 0.00405. The van der Waals surface area contributed by atoms with Gasteiger partial charge in [0.25, 0.3) is 0 Å². The third-order valence-electron chi connectivity index (χ3n) is 6.17. The molecule has 1 unspecified atom stereocenters. The van der Waals surface area contributed by atoms with Crippen molar-refractivity contribution in [1.82, 2.24) is 20.4 Å². The van der Waals surface area contributed by atoms with E-state index < -0.39 is 5.54 Å². The summed E-state index contributed by atoms with van der Waals surface area (Å²) in [6.45, 7) is 18.7. The van der Waals surface area contributed by atoms with Crippen LogP contribution in [-0.4, -0.2) is 39.4 Å². The number of nitrogens with zero attached hydrogens (tertiary/aromatic N) is 3. The molecule has 38 heavy (non-hydrogen) atoms. The smallest absolute Gasteiger partial charge is 0.243 e. The summed E-state index contributed by atoms with van der Waals surface area (Å²) < 4.78 is 4.46. The highest BCUT2D eigenvalue weighted by atomic mass is 32.1. The van der Waals surface area contributed by atoms with E-state index in [1.165, 1.54) is 4.88 Å². The zero-order valence-corrected chi connectivity index (χ0v) is 25.2. The number of thiazole rings is 1. The van der Waals surface area contributed by atoms with E-state index in [1.807, 2.05) is 47.1 Å². The molecular formula is C30H44N4O3S. The van der Waals surface area contributed by atoms with Gasteiger partial charge in [0.1, 0.15) is 12.3 Å². The number of carbonyl (C=O) groups excluding carboxylic acids is 2. The molecule has 1 N–H and O–H groups in total. The average molecular weight is 541 g/mol. The standard InChI is InChI=1S/C24H33N3O2S.C4H5NO.C2H6/c1-16-21(30-15-25-16)17-9-11-18(12-10-17)24(5,6)26-22(29)19-8-7-13-27(19)20(28)14-23(2,3)4;1-4-2-3-6-5-4;1-2/h9-12,15,19H,7-8,13-14H2,1-6H3,(H,26,29);2-3H,1H3;1-2H3. The summed E-state index contributed by atoms with van der Waals surface area (Å²) in [5, 5.41) is 6.73. The van der Waals surface area contributed by atoms with Gasteiger partial charge in [-0.3, -0.25) is 9.59 Å². The minimum absolute atomic E-state index is 0.0675. The van der Waals surface area contributed by atoms with E-state index in [4.69, 9.17) is 0 Å². The Kier molecular flexibility index (Phi) is 11.2. The highest BCUT2D eigenvalue weighted by Crippen LogP contribution is 2.30. The van der Waals surface area contributed by atoms with Gasteiger partial charge in [0.2, 0.25) is 11.8 Å². The van der Waals surface area contributed by atoms with Crippen LogP contribution in [0, 0.1) is 19.3 Å². The summed E-state index contributed by atoms with van der Waals surface area (Å²) in [6, 6.07) is 9.72. The predicted octanol–water partition coefficient (Wildman–Crippen LogP) is 6.91. The van der Waals surface area contributed by atoms with Gasteiger partial charge >= 0.3 is 0 Å². The first-order valence-corrected chi connectivity index (χ1v) is 14.2. The van der Waals surface area contributed by atoms with Crippen LogP contribution in [0.1, 0.15) is 84.7 Å². The van der Waals surface area contributed by atoms with Crippen LogP contribution in [-0.2, 0) is 15.1 Å². The zero-order valence-electron chi connectivity index (χ0n) is 24.4. The average Bonchev–Trinajstić information content (AvgIpc) is 3.62. The quantitative estimate of drug-likeness (QED) is 0.380. The Hall–Kier alpha value is -3.00. The number of rotatable bonds is 5. The fourth-order valence-corrected chi connectivity index (χ4v) is 5.06. The number of amides is 2. The molecule has 1 atom stereocenters. The molecule has 1 aliphatic heterocycles. The molecule has 0 bridgehead atoms. The summed E-state index contributed by atoms with van der Waals surface area (Å²) >= 11 is 1.63. The van der Waals surface area contributed by atoms with Gasteiger partial charge in [-0.15, -0.1) is 11.3 Å². The Bertz CT molecular complexity index is 1150. The van der Waals surface area contributed by atoms with Crippen LogP contribution in [0.3, 0.4) is 0 Å². The lowest BCUT2D eigenvalue weighted by Gasteiger charge is -2.32. The molecule has 1 saturated heterocycles. The van der Waals surface area contributed by atoms with Crippen molar-refractivity contribution in [3.8, 4) is 10.4 Å². The molecule has 0 spiro atoms. The molecule has 2 aromatic heterocycles. The molecule has 0 aliphatic carbocycles. The van der Waals surface area contributed by atoms with Gasteiger partial charge in [0.05, 0.1) is 27.3 Å². The number of aryl methyl sites for hydroxylation is 2. The first-order chi connectivity index (χ1) is 17.9. The van der Waals surface area contributed by atoms with Crippen molar-refractivity contribution >= 4 is 23.2 Å². The molecule has 3 heterocycles. The highest BCUT2D eigenvalue weighted by molar-refractivity contribution is 7.13. The molecule has 1 fully saturated rings. The van der Waals surface area contributed by atoms with Crippen LogP contribution in [0.15, 0.2) is 46.6 Å². The summed E-state index contributed by atoms with van der Waals surface area (Å²) in [7, 11) is 0. The third-order valence-corrected chi connectivity index (χ3v) is 7.15. The fraction of sp³-hybridized carbons (Fsp3) is 0.533. The van der Waals surface area contributed by atoms with Crippen molar-refractivity contribution in [2.24, 2.45) is 5.41 Å². The second-order valence-corrected chi connectivity index (χ2v) is 11.9. The summed E-state index contributed by atoms with van der Waals surface area (Å²) in [6.07, 6.45) is 3.60. The number of carbonyl (C=O) groups is 2. The molecule has 7 nitrogen and oxygen atoms in total. The lowest BCUT2D eigenvalue weighted by Crippen LogP contribution is -2.51. The van der Waals surface area contributed by atoms with Crippen molar-refractivity contribution in [2.75, 3.05) is 6.54 Å². The van der Waals surface area contributed by atoms with Gasteiger partial charge in [-0.1, -0.05) is 64.0 Å². The van der Waals surface area contributed by atoms with E-state index in [0.717, 1.165) is 35.4 Å². The number of hydrogen-bond donors (Lipinski definition) is 1. The lowest BCUT2D eigenvalue weighted by molar-refractivity contribution is -0.140. The van der Waals surface area contributed by atoms with Gasteiger partial charge in [-0.25, -0.2) is 4.98 Å². The number of likely N-dealkylation sites (tertiary alicyclic amines) is 1. The van der Waals surface area contributed by atoms with Crippen LogP contribution in [0.2, 0.25) is 0 Å². The minimum Gasteiger partial charge on any atom is -0.365 e. The molecule has 0 saturated carbocycles. The first kappa shape index (κ1) is 31.2. The Morgan fingerprint density at radius 2 is 1.74 bits per heavy atom. The Balaban J connectivity index is 0.000000548. The predicted molar refractivity (Wildman–Crippen MR) is 155 cm³/mol. The number of aromatic nitrogens is 2. The van der Waals surface area contributed by atoms with Crippen molar-refractivity contribution in [2.45, 2.75) is 93.2 Å². The van der Waals surface area contributed by atoms with Crippen molar-refractivity contribution in [3.63, 3.8) is 0 Å². The molecule has 3 aromatic rings. The molecule has 208 valence electrons. The first-order valence-electron chi connectivity index (χ1n) is 13.4. The normalized spacial score (nSPS) is 15.2. The summed E-state index contributed by atoms with van der Waals surface area (Å²) in [5.41, 5.74) is 5.37. The highest BCUT2D eigenvalue weighted by Gasteiger charge is 2.37. The van der Waals surface area contributed by atoms with E-state index in [9.17, 15) is 9.59 Å². The topological polar surface area (TPSA) is 88.3 Å². The molecule has 0 radical (unpaired) electrons. The van der Waals surface area contributed by atoms with Gasteiger partial charge in [-0.2, -0.15) is 0 Å². The van der Waals surface area contributed by atoms with E-state index in [1.54, 1.807) is 28.6 Å². The number of hydrogen-bond acceptors (Lipinski definition) is 6. The second-order valence-electron chi connectivity index (χ2n) is 11.1. The number of benzene rings is 1. The van der Waals surface area contributed by atoms with E-state index in [2.05, 4.69) is 65.0 Å². The Morgan fingerprint density at radius 1 is 1.08 bits per heavy atom. The number of nitrogens with one attached hydrogen (secondary N) is 1. The van der Waals surface area contributed by atoms with Crippen molar-refractivity contribution < 1.29 is 14.1 Å². The van der Waals surface area contributed by atoms with Gasteiger partial charge in [-0.05, 0) is 57.1 Å². The maximum Gasteiger partial charge on any atom is 0.243 e. The van der Waals surface area contributed by atoms with Crippen LogP contribution < -0.4 is 5.32 Å². The lowest BCUT2D eigenvalue weighted by atomic mass is 9.91. The molecule has 2 amide bonds. The zero-order chi connectivity index (χ0) is 28.5. The SMILES string of the molecule is CC.Cc1ccon1.Cc1ncsc1-c1ccc(C(C)(C)NC(=O)C2CCCN2C(=O)CC(C)(C)C)cc1. The molecular weight excluding hydrogens is 496 g/mol. The molecule has 1 aliphatic rings. The van der Waals surface area contributed by atoms with E-state index in [0.29, 0.717) is 13.0 Å². The summed E-state index contributed by atoms with van der Waals surface area (Å²) in [4.78, 5) is 33.1. The maximum atomic E-state index is 13.1. The fourth-order valence-electron chi connectivity index (χ4n) is 4.25. The molecule has 4 rings (SSSR count). The molecule has 8 heteroatoms. The minimum atomic E-state index is -0.528. The Labute approximate surface area is 232 Å². The van der Waals surface area contributed by atoms with Crippen molar-refractivity contribution in [1.29, 1.82) is 0 Å². The molecule has 1 aromatic carbocycles. The van der Waals surface area contributed by atoms with Crippen molar-refractivity contribution in [3.05, 3.63) is 59.1 Å². The van der Waals surface area contributed by atoms with E-state index >= 15 is 0 Å². The van der Waals surface area contributed by atoms with Gasteiger partial charge in [0, 0.05) is 19.0 Å². The van der Waals surface area contributed by atoms with Crippen LogP contribution in [0.25, 0.3) is 10.4 Å².